The Kier molecular flexibility index (Phi) is 6.02. The zero-order chi connectivity index (χ0) is 26.2. The van der Waals surface area contributed by atoms with Crippen molar-refractivity contribution in [2.24, 2.45) is 0 Å². The molecular formula is C31H21ClN2O4. The zero-order valence-corrected chi connectivity index (χ0v) is 21.1. The van der Waals surface area contributed by atoms with Gasteiger partial charge in [0.1, 0.15) is 11.1 Å². The molecule has 0 bridgehead atoms. The summed E-state index contributed by atoms with van der Waals surface area (Å²) in [6.45, 7) is 2.09. The third kappa shape index (κ3) is 4.46. The van der Waals surface area contributed by atoms with Crippen molar-refractivity contribution >= 4 is 45.3 Å². The number of para-hydroxylation sites is 1. The number of nitrogens with one attached hydrogen (secondary N) is 1. The van der Waals surface area contributed by atoms with Crippen molar-refractivity contribution in [2.45, 2.75) is 13.3 Å². The Labute approximate surface area is 222 Å². The number of benzene rings is 4. The Morgan fingerprint density at radius 1 is 0.868 bits per heavy atom. The second kappa shape index (κ2) is 9.65. The van der Waals surface area contributed by atoms with E-state index < -0.39 is 5.63 Å². The molecule has 0 aliphatic rings. The quantitative estimate of drug-likeness (QED) is 0.235. The van der Waals surface area contributed by atoms with Crippen LogP contribution in [0.25, 0.3) is 44.7 Å². The number of carbonyl (C=O) groups is 1. The molecule has 0 aliphatic carbocycles. The minimum absolute atomic E-state index is 0.366. The van der Waals surface area contributed by atoms with E-state index in [2.05, 4.69) is 17.2 Å². The molecule has 0 saturated heterocycles. The molecule has 2 heterocycles. The van der Waals surface area contributed by atoms with Gasteiger partial charge in [-0.05, 0) is 72.1 Å². The summed E-state index contributed by atoms with van der Waals surface area (Å²) in [5, 5.41) is 4.04. The molecule has 38 heavy (non-hydrogen) atoms. The molecular weight excluding hydrogens is 500 g/mol. The first-order chi connectivity index (χ1) is 18.5. The summed E-state index contributed by atoms with van der Waals surface area (Å²) in [5.41, 5.74) is 5.09. The number of aryl methyl sites for hydroxylation is 1. The smallest absolute Gasteiger partial charge is 0.344 e. The number of rotatable bonds is 5. The molecule has 6 nitrogen and oxygen atoms in total. The molecule has 0 fully saturated rings. The van der Waals surface area contributed by atoms with Crippen LogP contribution < -0.4 is 10.9 Å². The van der Waals surface area contributed by atoms with Crippen LogP contribution in [0.4, 0.5) is 5.69 Å². The number of carbonyl (C=O) groups excluding carboxylic acids is 1. The zero-order valence-electron chi connectivity index (χ0n) is 20.3. The Bertz CT molecular complexity index is 1900. The molecule has 0 aliphatic heterocycles. The van der Waals surface area contributed by atoms with E-state index in [0.717, 1.165) is 17.3 Å². The van der Waals surface area contributed by atoms with Crippen molar-refractivity contribution in [1.29, 1.82) is 0 Å². The molecule has 6 aromatic rings. The molecule has 0 spiro atoms. The third-order valence-corrected chi connectivity index (χ3v) is 6.73. The summed E-state index contributed by atoms with van der Waals surface area (Å²) in [6.07, 6.45) is 0.905. The van der Waals surface area contributed by atoms with E-state index in [9.17, 15) is 9.59 Å². The van der Waals surface area contributed by atoms with Crippen molar-refractivity contribution in [3.8, 4) is 22.6 Å². The highest BCUT2D eigenvalue weighted by Gasteiger charge is 2.15. The van der Waals surface area contributed by atoms with Crippen LogP contribution >= 0.6 is 11.6 Å². The number of oxazole rings is 1. The fourth-order valence-corrected chi connectivity index (χ4v) is 4.52. The molecule has 186 valence electrons. The minimum atomic E-state index is -0.471. The van der Waals surface area contributed by atoms with Crippen LogP contribution in [0.2, 0.25) is 5.02 Å². The highest BCUT2D eigenvalue weighted by Crippen LogP contribution is 2.31. The van der Waals surface area contributed by atoms with Gasteiger partial charge in [-0.3, -0.25) is 4.79 Å². The van der Waals surface area contributed by atoms with Gasteiger partial charge in [0.05, 0.1) is 16.3 Å². The van der Waals surface area contributed by atoms with E-state index in [0.29, 0.717) is 50.0 Å². The summed E-state index contributed by atoms with van der Waals surface area (Å²) < 4.78 is 11.4. The van der Waals surface area contributed by atoms with Crippen LogP contribution in [0.15, 0.2) is 105 Å². The Morgan fingerprint density at radius 2 is 1.74 bits per heavy atom. The van der Waals surface area contributed by atoms with Gasteiger partial charge >= 0.3 is 5.63 Å². The molecule has 6 rings (SSSR count). The molecule has 0 saturated carbocycles. The standard InChI is InChI=1S/C31H21ClN2O4/c1-2-18-10-13-28-26(14-18)34-30(37-28)22-11-12-24(32)25(17-22)33-29(35)21-8-5-7-19(15-21)23-16-20-6-3-4-9-27(20)38-31(23)36/h3-17H,2H2,1H3,(H,33,35). The maximum atomic E-state index is 13.2. The van der Waals surface area contributed by atoms with E-state index in [-0.39, 0.29) is 5.91 Å². The number of halogens is 1. The summed E-state index contributed by atoms with van der Waals surface area (Å²) >= 11 is 6.42. The maximum absolute atomic E-state index is 13.2. The van der Waals surface area contributed by atoms with Crippen molar-refractivity contribution in [1.82, 2.24) is 4.98 Å². The molecule has 1 N–H and O–H groups in total. The van der Waals surface area contributed by atoms with Gasteiger partial charge in [0.25, 0.3) is 5.91 Å². The monoisotopic (exact) mass is 520 g/mol. The average molecular weight is 521 g/mol. The predicted octanol–water partition coefficient (Wildman–Crippen LogP) is 7.74. The molecule has 2 aromatic heterocycles. The lowest BCUT2D eigenvalue weighted by molar-refractivity contribution is 0.102. The number of amides is 1. The second-order valence-corrected chi connectivity index (χ2v) is 9.30. The number of nitrogens with zero attached hydrogens (tertiary/aromatic N) is 1. The van der Waals surface area contributed by atoms with E-state index in [1.165, 1.54) is 5.56 Å². The summed E-state index contributed by atoms with van der Waals surface area (Å²) in [4.78, 5) is 30.4. The lowest BCUT2D eigenvalue weighted by atomic mass is 10.0. The topological polar surface area (TPSA) is 85.3 Å². The van der Waals surface area contributed by atoms with E-state index in [1.54, 1.807) is 54.6 Å². The van der Waals surface area contributed by atoms with Crippen LogP contribution in [-0.4, -0.2) is 10.9 Å². The number of anilines is 1. The molecule has 0 atom stereocenters. The fourth-order valence-electron chi connectivity index (χ4n) is 4.36. The van der Waals surface area contributed by atoms with Gasteiger partial charge in [-0.15, -0.1) is 0 Å². The molecule has 7 heteroatoms. The Morgan fingerprint density at radius 3 is 2.61 bits per heavy atom. The molecule has 4 aromatic carbocycles. The van der Waals surface area contributed by atoms with Crippen molar-refractivity contribution in [3.05, 3.63) is 118 Å². The Hall–Kier alpha value is -4.68. The fraction of sp³-hybridized carbons (Fsp3) is 0.0645. The van der Waals surface area contributed by atoms with E-state index >= 15 is 0 Å². The van der Waals surface area contributed by atoms with E-state index in [1.807, 2.05) is 36.4 Å². The number of aromatic nitrogens is 1. The lowest BCUT2D eigenvalue weighted by Gasteiger charge is -2.10. The molecule has 1 amide bonds. The first-order valence-electron chi connectivity index (χ1n) is 12.1. The van der Waals surface area contributed by atoms with Gasteiger partial charge < -0.3 is 14.2 Å². The van der Waals surface area contributed by atoms with Crippen molar-refractivity contribution in [3.63, 3.8) is 0 Å². The summed E-state index contributed by atoms with van der Waals surface area (Å²) in [6, 6.07) is 27.0. The predicted molar refractivity (Wildman–Crippen MR) is 150 cm³/mol. The SMILES string of the molecule is CCc1ccc2oc(-c3ccc(Cl)c(NC(=O)c4cccc(-c5cc6ccccc6oc5=O)c4)c3)nc2c1. The van der Waals surface area contributed by atoms with Gasteiger partial charge in [-0.2, -0.15) is 0 Å². The first kappa shape index (κ1) is 23.7. The second-order valence-electron chi connectivity index (χ2n) is 8.89. The number of hydrogen-bond donors (Lipinski definition) is 1. The first-order valence-corrected chi connectivity index (χ1v) is 12.5. The normalized spacial score (nSPS) is 11.2. The van der Waals surface area contributed by atoms with Gasteiger partial charge in [-0.25, -0.2) is 9.78 Å². The number of fused-ring (bicyclic) bond motifs is 2. The van der Waals surface area contributed by atoms with Gasteiger partial charge in [-0.1, -0.05) is 54.9 Å². The number of hydrogen-bond acceptors (Lipinski definition) is 5. The van der Waals surface area contributed by atoms with Crippen LogP contribution in [0.5, 0.6) is 0 Å². The van der Waals surface area contributed by atoms with Crippen LogP contribution in [0.3, 0.4) is 0 Å². The van der Waals surface area contributed by atoms with Gasteiger partial charge in [0.15, 0.2) is 5.58 Å². The van der Waals surface area contributed by atoms with E-state index in [4.69, 9.17) is 20.4 Å². The van der Waals surface area contributed by atoms with Crippen molar-refractivity contribution in [2.75, 3.05) is 5.32 Å². The minimum Gasteiger partial charge on any atom is -0.436 e. The lowest BCUT2D eigenvalue weighted by Crippen LogP contribution is -2.12. The Balaban J connectivity index is 1.30. The third-order valence-electron chi connectivity index (χ3n) is 6.40. The highest BCUT2D eigenvalue weighted by atomic mass is 35.5. The molecule has 0 unspecified atom stereocenters. The highest BCUT2D eigenvalue weighted by molar-refractivity contribution is 6.34. The average Bonchev–Trinajstić information content (AvgIpc) is 3.37. The largest absolute Gasteiger partial charge is 0.436 e. The molecule has 0 radical (unpaired) electrons. The van der Waals surface area contributed by atoms with Gasteiger partial charge in [0.2, 0.25) is 5.89 Å². The summed E-state index contributed by atoms with van der Waals surface area (Å²) in [7, 11) is 0. The van der Waals surface area contributed by atoms with Crippen molar-refractivity contribution < 1.29 is 13.6 Å². The van der Waals surface area contributed by atoms with Crippen LogP contribution in [-0.2, 0) is 6.42 Å². The van der Waals surface area contributed by atoms with Crippen LogP contribution in [0, 0.1) is 0 Å². The van der Waals surface area contributed by atoms with Gasteiger partial charge in [0, 0.05) is 16.5 Å². The van der Waals surface area contributed by atoms with Crippen LogP contribution in [0.1, 0.15) is 22.8 Å². The summed E-state index contributed by atoms with van der Waals surface area (Å²) in [5.74, 6) is 0.0617. The maximum Gasteiger partial charge on any atom is 0.344 e.